The summed E-state index contributed by atoms with van der Waals surface area (Å²) >= 11 is 0. The molecular weight excluding hydrogens is 210 g/mol. The average Bonchev–Trinajstić information content (AvgIpc) is 2.65. The second-order valence-electron chi connectivity index (χ2n) is 3.58. The number of nitrogens with zero attached hydrogens (tertiary/aromatic N) is 2. The summed E-state index contributed by atoms with van der Waals surface area (Å²) in [7, 11) is 0. The molecule has 1 aromatic rings. The number of carbonyl (C=O) groups excluding carboxylic acids is 1. The van der Waals surface area contributed by atoms with Crippen molar-refractivity contribution in [2.24, 2.45) is 0 Å². The predicted octanol–water partition coefficient (Wildman–Crippen LogP) is 0.496. The van der Waals surface area contributed by atoms with Crippen molar-refractivity contribution >= 4 is 11.9 Å². The molecule has 0 aliphatic carbocycles. The Morgan fingerprint density at radius 2 is 2.31 bits per heavy atom. The van der Waals surface area contributed by atoms with Crippen molar-refractivity contribution in [3.63, 3.8) is 0 Å². The fourth-order valence-electron chi connectivity index (χ4n) is 1.13. The number of hydrogen-bond acceptors (Lipinski definition) is 3. The number of carbonyl (C=O) groups is 2. The first-order valence-corrected chi connectivity index (χ1v) is 5.09. The molecule has 1 rings (SSSR count). The molecule has 0 bridgehead atoms. The summed E-state index contributed by atoms with van der Waals surface area (Å²) < 4.78 is 1.31. The zero-order valence-corrected chi connectivity index (χ0v) is 9.30. The number of aromatic nitrogens is 2. The van der Waals surface area contributed by atoms with Crippen LogP contribution in [0.1, 0.15) is 30.8 Å². The molecule has 6 nitrogen and oxygen atoms in total. The molecule has 0 aliphatic heterocycles. The van der Waals surface area contributed by atoms with Crippen LogP contribution in [0.2, 0.25) is 0 Å². The molecule has 0 aliphatic rings. The van der Waals surface area contributed by atoms with Gasteiger partial charge in [-0.2, -0.15) is 5.10 Å². The molecule has 1 amide bonds. The second-order valence-corrected chi connectivity index (χ2v) is 3.58. The van der Waals surface area contributed by atoms with Crippen molar-refractivity contribution in [1.82, 2.24) is 15.1 Å². The van der Waals surface area contributed by atoms with Crippen molar-refractivity contribution < 1.29 is 14.7 Å². The van der Waals surface area contributed by atoms with Crippen LogP contribution in [0.5, 0.6) is 0 Å². The predicted molar refractivity (Wildman–Crippen MR) is 57.1 cm³/mol. The minimum atomic E-state index is -1.10. The Balaban J connectivity index is 2.53. The van der Waals surface area contributed by atoms with E-state index >= 15 is 0 Å². The van der Waals surface area contributed by atoms with Gasteiger partial charge in [-0.1, -0.05) is 6.92 Å². The molecule has 0 aromatic carbocycles. The largest absolute Gasteiger partial charge is 0.476 e. The Hall–Kier alpha value is -1.85. The average molecular weight is 225 g/mol. The summed E-state index contributed by atoms with van der Waals surface area (Å²) in [6.45, 7) is 3.92. The van der Waals surface area contributed by atoms with Crippen molar-refractivity contribution in [3.8, 4) is 0 Å². The maximum atomic E-state index is 11.4. The Morgan fingerprint density at radius 3 is 2.81 bits per heavy atom. The van der Waals surface area contributed by atoms with E-state index in [9.17, 15) is 9.59 Å². The quantitative estimate of drug-likeness (QED) is 0.764. The number of carboxylic acids is 1. The summed E-state index contributed by atoms with van der Waals surface area (Å²) in [6, 6.07) is 1.47. The topological polar surface area (TPSA) is 84.2 Å². The minimum Gasteiger partial charge on any atom is -0.476 e. The molecule has 0 fully saturated rings. The number of carboxylic acid groups (broad SMARTS) is 1. The van der Waals surface area contributed by atoms with Crippen LogP contribution in [-0.4, -0.2) is 32.8 Å². The highest BCUT2D eigenvalue weighted by atomic mass is 16.4. The molecule has 1 aromatic heterocycles. The van der Waals surface area contributed by atoms with E-state index in [-0.39, 0.29) is 24.2 Å². The maximum absolute atomic E-state index is 11.4. The first kappa shape index (κ1) is 12.2. The third-order valence-electron chi connectivity index (χ3n) is 2.19. The third kappa shape index (κ3) is 3.38. The van der Waals surface area contributed by atoms with Crippen molar-refractivity contribution in [2.45, 2.75) is 32.9 Å². The number of rotatable bonds is 5. The van der Waals surface area contributed by atoms with Gasteiger partial charge in [0.25, 0.3) is 0 Å². The lowest BCUT2D eigenvalue weighted by Gasteiger charge is -2.10. The molecule has 0 saturated carbocycles. The summed E-state index contributed by atoms with van der Waals surface area (Å²) in [5, 5.41) is 15.1. The van der Waals surface area contributed by atoms with Crippen LogP contribution >= 0.6 is 0 Å². The number of nitrogens with one attached hydrogen (secondary N) is 1. The first-order chi connectivity index (χ1) is 7.52. The Labute approximate surface area is 93.3 Å². The molecule has 0 spiro atoms. The van der Waals surface area contributed by atoms with Crippen LogP contribution < -0.4 is 5.32 Å². The Bertz CT molecular complexity index is 386. The lowest BCUT2D eigenvalue weighted by Crippen LogP contribution is -2.34. The highest BCUT2D eigenvalue weighted by Crippen LogP contribution is 1.96. The molecule has 0 saturated heterocycles. The van der Waals surface area contributed by atoms with Gasteiger partial charge in [0.15, 0.2) is 5.69 Å². The summed E-state index contributed by atoms with van der Waals surface area (Å²) in [6.07, 6.45) is 2.32. The van der Waals surface area contributed by atoms with Gasteiger partial charge >= 0.3 is 5.97 Å². The minimum absolute atomic E-state index is 0.0393. The van der Waals surface area contributed by atoms with Gasteiger partial charge in [-0.05, 0) is 19.4 Å². The standard InChI is InChI=1S/C10H15N3O3/c1-3-7(2)11-9(14)6-13-5-4-8(12-13)10(15)16/h4-5,7H,3,6H2,1-2H3,(H,11,14)(H,15,16). The van der Waals surface area contributed by atoms with Crippen LogP contribution in [0.25, 0.3) is 0 Å². The molecule has 1 atom stereocenters. The van der Waals surface area contributed by atoms with Gasteiger partial charge in [0, 0.05) is 12.2 Å². The highest BCUT2D eigenvalue weighted by molar-refractivity contribution is 5.85. The number of hydrogen-bond donors (Lipinski definition) is 2. The van der Waals surface area contributed by atoms with E-state index in [2.05, 4.69) is 10.4 Å². The molecule has 1 heterocycles. The molecule has 6 heteroatoms. The van der Waals surface area contributed by atoms with Crippen LogP contribution in [-0.2, 0) is 11.3 Å². The molecule has 16 heavy (non-hydrogen) atoms. The fourth-order valence-corrected chi connectivity index (χ4v) is 1.13. The summed E-state index contributed by atoms with van der Waals surface area (Å²) in [5.74, 6) is -1.27. The molecule has 1 unspecified atom stereocenters. The SMILES string of the molecule is CCC(C)NC(=O)Cn1ccc(C(=O)O)n1. The molecular formula is C10H15N3O3. The monoisotopic (exact) mass is 225 g/mol. The highest BCUT2D eigenvalue weighted by Gasteiger charge is 2.10. The van der Waals surface area contributed by atoms with Crippen LogP contribution in [0.15, 0.2) is 12.3 Å². The van der Waals surface area contributed by atoms with E-state index in [1.54, 1.807) is 0 Å². The third-order valence-corrected chi connectivity index (χ3v) is 2.19. The Kier molecular flexibility index (Phi) is 4.04. The summed E-state index contributed by atoms with van der Waals surface area (Å²) in [4.78, 5) is 22.0. The van der Waals surface area contributed by atoms with E-state index in [0.29, 0.717) is 0 Å². The maximum Gasteiger partial charge on any atom is 0.356 e. The molecule has 2 N–H and O–H groups in total. The van der Waals surface area contributed by atoms with Crippen LogP contribution in [0.4, 0.5) is 0 Å². The van der Waals surface area contributed by atoms with Gasteiger partial charge in [0.2, 0.25) is 5.91 Å². The lowest BCUT2D eigenvalue weighted by atomic mass is 10.2. The lowest BCUT2D eigenvalue weighted by molar-refractivity contribution is -0.122. The number of amides is 1. The second kappa shape index (κ2) is 5.29. The van der Waals surface area contributed by atoms with Gasteiger partial charge in [-0.15, -0.1) is 0 Å². The zero-order valence-electron chi connectivity index (χ0n) is 9.30. The summed E-state index contributed by atoms with van der Waals surface area (Å²) in [5.41, 5.74) is -0.0589. The van der Waals surface area contributed by atoms with Gasteiger partial charge in [0.1, 0.15) is 6.54 Å². The van der Waals surface area contributed by atoms with Gasteiger partial charge in [-0.3, -0.25) is 9.48 Å². The first-order valence-electron chi connectivity index (χ1n) is 5.09. The van der Waals surface area contributed by atoms with Crippen molar-refractivity contribution in [2.75, 3.05) is 0 Å². The number of aromatic carboxylic acids is 1. The van der Waals surface area contributed by atoms with Gasteiger partial charge in [-0.25, -0.2) is 4.79 Å². The molecule has 0 radical (unpaired) electrons. The fraction of sp³-hybridized carbons (Fsp3) is 0.500. The van der Waals surface area contributed by atoms with E-state index in [1.807, 2.05) is 13.8 Å². The smallest absolute Gasteiger partial charge is 0.356 e. The van der Waals surface area contributed by atoms with Crippen LogP contribution in [0, 0.1) is 0 Å². The van der Waals surface area contributed by atoms with Crippen molar-refractivity contribution in [1.29, 1.82) is 0 Å². The Morgan fingerprint density at radius 1 is 1.62 bits per heavy atom. The van der Waals surface area contributed by atoms with E-state index in [4.69, 9.17) is 5.11 Å². The van der Waals surface area contributed by atoms with E-state index in [0.717, 1.165) is 6.42 Å². The zero-order chi connectivity index (χ0) is 12.1. The van der Waals surface area contributed by atoms with E-state index in [1.165, 1.54) is 16.9 Å². The normalized spacial score (nSPS) is 12.1. The van der Waals surface area contributed by atoms with Crippen molar-refractivity contribution in [3.05, 3.63) is 18.0 Å². The van der Waals surface area contributed by atoms with E-state index < -0.39 is 5.97 Å². The molecule has 88 valence electrons. The van der Waals surface area contributed by atoms with Gasteiger partial charge in [0.05, 0.1) is 0 Å². The van der Waals surface area contributed by atoms with Crippen LogP contribution in [0.3, 0.4) is 0 Å². The van der Waals surface area contributed by atoms with Gasteiger partial charge < -0.3 is 10.4 Å².